The molecule has 0 spiro atoms. The maximum Gasteiger partial charge on any atom is 0.260 e. The van der Waals surface area contributed by atoms with Crippen molar-refractivity contribution in [2.45, 2.75) is 32.2 Å². The lowest BCUT2D eigenvalue weighted by Gasteiger charge is -2.32. The number of aryl methyl sites for hydroxylation is 1. The van der Waals surface area contributed by atoms with E-state index in [9.17, 15) is 9.59 Å². The van der Waals surface area contributed by atoms with Crippen molar-refractivity contribution in [1.29, 1.82) is 0 Å². The number of amides is 2. The number of hydrogen-bond acceptors (Lipinski definition) is 5. The summed E-state index contributed by atoms with van der Waals surface area (Å²) >= 11 is 0. The monoisotopic (exact) mass is 426 g/mol. The van der Waals surface area contributed by atoms with Crippen molar-refractivity contribution in [1.82, 2.24) is 10.2 Å². The smallest absolute Gasteiger partial charge is 0.260 e. The van der Waals surface area contributed by atoms with Gasteiger partial charge in [-0.1, -0.05) is 31.2 Å². The van der Waals surface area contributed by atoms with Gasteiger partial charge < -0.3 is 24.4 Å². The van der Waals surface area contributed by atoms with Crippen molar-refractivity contribution in [3.63, 3.8) is 0 Å². The van der Waals surface area contributed by atoms with Crippen LogP contribution in [0.4, 0.5) is 0 Å². The molecule has 2 aromatic rings. The summed E-state index contributed by atoms with van der Waals surface area (Å²) in [6.07, 6.45) is 2.22. The molecule has 1 fully saturated rings. The molecule has 0 unspecified atom stereocenters. The number of rotatable bonds is 8. The summed E-state index contributed by atoms with van der Waals surface area (Å²) < 4.78 is 16.4. The summed E-state index contributed by atoms with van der Waals surface area (Å²) in [6.45, 7) is 3.23. The van der Waals surface area contributed by atoms with Crippen molar-refractivity contribution in [2.75, 3.05) is 33.9 Å². The van der Waals surface area contributed by atoms with Gasteiger partial charge in [-0.05, 0) is 43.0 Å². The molecule has 7 heteroatoms. The Morgan fingerprint density at radius 1 is 0.968 bits per heavy atom. The highest BCUT2D eigenvalue weighted by molar-refractivity contribution is 5.99. The summed E-state index contributed by atoms with van der Waals surface area (Å²) in [5.41, 5.74) is 1.47. The minimum absolute atomic E-state index is 0.0203. The van der Waals surface area contributed by atoms with E-state index >= 15 is 0 Å². The molecule has 0 radical (unpaired) electrons. The van der Waals surface area contributed by atoms with Crippen molar-refractivity contribution in [3.8, 4) is 17.2 Å². The van der Waals surface area contributed by atoms with Gasteiger partial charge in [0.05, 0.1) is 14.2 Å². The standard InChI is InChI=1S/C24H30N2O5/c1-4-17-8-5-6-9-19(17)31-16-22(27)26-14-12-18(13-15-26)25-24(28)23-20(29-2)10-7-11-21(23)30-3/h5-11,18H,4,12-16H2,1-3H3,(H,25,28). The van der Waals surface area contributed by atoms with E-state index in [1.165, 1.54) is 14.2 Å². The van der Waals surface area contributed by atoms with Crippen LogP contribution < -0.4 is 19.5 Å². The number of hydrogen-bond donors (Lipinski definition) is 1. The fraction of sp³-hybridized carbons (Fsp3) is 0.417. The van der Waals surface area contributed by atoms with Crippen LogP contribution in [-0.2, 0) is 11.2 Å². The van der Waals surface area contributed by atoms with Gasteiger partial charge in [0.25, 0.3) is 11.8 Å². The van der Waals surface area contributed by atoms with Crippen LogP contribution in [0.5, 0.6) is 17.2 Å². The maximum absolute atomic E-state index is 12.8. The number of likely N-dealkylation sites (tertiary alicyclic amines) is 1. The van der Waals surface area contributed by atoms with Gasteiger partial charge in [-0.25, -0.2) is 0 Å². The van der Waals surface area contributed by atoms with Gasteiger partial charge >= 0.3 is 0 Å². The van der Waals surface area contributed by atoms with E-state index < -0.39 is 0 Å². The second-order valence-corrected chi connectivity index (χ2v) is 7.42. The fourth-order valence-electron chi connectivity index (χ4n) is 3.77. The fourth-order valence-corrected chi connectivity index (χ4v) is 3.77. The molecule has 1 N–H and O–H groups in total. The largest absolute Gasteiger partial charge is 0.496 e. The highest BCUT2D eigenvalue weighted by Crippen LogP contribution is 2.28. The van der Waals surface area contributed by atoms with Gasteiger partial charge in [0, 0.05) is 19.1 Å². The Hall–Kier alpha value is -3.22. The third-order valence-electron chi connectivity index (χ3n) is 5.54. The van der Waals surface area contributed by atoms with Crippen molar-refractivity contribution < 1.29 is 23.8 Å². The molecule has 2 aromatic carbocycles. The predicted molar refractivity (Wildman–Crippen MR) is 118 cm³/mol. The molecule has 0 aromatic heterocycles. The Bertz CT molecular complexity index is 884. The van der Waals surface area contributed by atoms with Gasteiger partial charge in [0.1, 0.15) is 22.8 Å². The van der Waals surface area contributed by atoms with E-state index in [4.69, 9.17) is 14.2 Å². The zero-order valence-corrected chi connectivity index (χ0v) is 18.3. The Labute approximate surface area is 183 Å². The van der Waals surface area contributed by atoms with Crippen LogP contribution in [0.25, 0.3) is 0 Å². The van der Waals surface area contributed by atoms with Gasteiger partial charge in [-0.3, -0.25) is 9.59 Å². The first-order valence-corrected chi connectivity index (χ1v) is 10.6. The third-order valence-corrected chi connectivity index (χ3v) is 5.54. The topological polar surface area (TPSA) is 77.1 Å². The summed E-state index contributed by atoms with van der Waals surface area (Å²) in [4.78, 5) is 27.2. The number of nitrogens with zero attached hydrogens (tertiary/aromatic N) is 1. The lowest BCUT2D eigenvalue weighted by Crippen LogP contribution is -2.47. The summed E-state index contributed by atoms with van der Waals surface area (Å²) in [7, 11) is 3.05. The first kappa shape index (κ1) is 22.5. The number of para-hydroxylation sites is 1. The van der Waals surface area contributed by atoms with E-state index in [1.54, 1.807) is 23.1 Å². The number of nitrogens with one attached hydrogen (secondary N) is 1. The molecule has 2 amide bonds. The Morgan fingerprint density at radius 2 is 1.58 bits per heavy atom. The highest BCUT2D eigenvalue weighted by atomic mass is 16.5. The Morgan fingerprint density at radius 3 is 2.19 bits per heavy atom. The lowest BCUT2D eigenvalue weighted by molar-refractivity contribution is -0.134. The lowest BCUT2D eigenvalue weighted by atomic mass is 10.0. The minimum Gasteiger partial charge on any atom is -0.496 e. The number of ether oxygens (including phenoxy) is 3. The summed E-state index contributed by atoms with van der Waals surface area (Å²) in [6, 6.07) is 13.0. The SMILES string of the molecule is CCc1ccccc1OCC(=O)N1CCC(NC(=O)c2c(OC)cccc2OC)CC1. The van der Waals surface area contributed by atoms with E-state index in [2.05, 4.69) is 12.2 Å². The maximum atomic E-state index is 12.8. The summed E-state index contributed by atoms with van der Waals surface area (Å²) in [5.74, 6) is 1.41. The minimum atomic E-state index is -0.237. The molecule has 1 saturated heterocycles. The highest BCUT2D eigenvalue weighted by Gasteiger charge is 2.26. The molecule has 31 heavy (non-hydrogen) atoms. The molecule has 1 aliphatic rings. The molecule has 3 rings (SSSR count). The molecule has 0 saturated carbocycles. The number of benzene rings is 2. The van der Waals surface area contributed by atoms with E-state index in [-0.39, 0.29) is 24.5 Å². The molecule has 0 aliphatic carbocycles. The molecule has 166 valence electrons. The van der Waals surface area contributed by atoms with Crippen LogP contribution in [0.15, 0.2) is 42.5 Å². The molecule has 1 aliphatic heterocycles. The zero-order chi connectivity index (χ0) is 22.2. The van der Waals surface area contributed by atoms with Gasteiger partial charge in [0.15, 0.2) is 6.61 Å². The predicted octanol–water partition coefficient (Wildman–Crippen LogP) is 3.07. The number of piperidine rings is 1. The Kier molecular flexibility index (Phi) is 7.76. The van der Waals surface area contributed by atoms with Crippen LogP contribution >= 0.6 is 0 Å². The summed E-state index contributed by atoms with van der Waals surface area (Å²) in [5, 5.41) is 3.05. The molecular formula is C24H30N2O5. The third kappa shape index (κ3) is 5.48. The average molecular weight is 427 g/mol. The van der Waals surface area contributed by atoms with Gasteiger partial charge in [-0.2, -0.15) is 0 Å². The van der Waals surface area contributed by atoms with E-state index in [0.717, 1.165) is 17.7 Å². The molecule has 1 heterocycles. The average Bonchev–Trinajstić information content (AvgIpc) is 2.82. The van der Waals surface area contributed by atoms with Crippen LogP contribution in [0.1, 0.15) is 35.7 Å². The van der Waals surface area contributed by atoms with Crippen LogP contribution in [0.2, 0.25) is 0 Å². The number of carbonyl (C=O) groups excluding carboxylic acids is 2. The van der Waals surface area contributed by atoms with E-state index in [1.807, 2.05) is 24.3 Å². The van der Waals surface area contributed by atoms with E-state index in [0.29, 0.717) is 43.0 Å². The number of methoxy groups -OCH3 is 2. The molecule has 0 atom stereocenters. The quantitative estimate of drug-likeness (QED) is 0.702. The van der Waals surface area contributed by atoms with Gasteiger partial charge in [-0.15, -0.1) is 0 Å². The molecular weight excluding hydrogens is 396 g/mol. The van der Waals surface area contributed by atoms with Crippen molar-refractivity contribution >= 4 is 11.8 Å². The van der Waals surface area contributed by atoms with Crippen LogP contribution in [0, 0.1) is 0 Å². The van der Waals surface area contributed by atoms with Crippen LogP contribution in [-0.4, -0.2) is 56.7 Å². The first-order valence-electron chi connectivity index (χ1n) is 10.6. The second kappa shape index (κ2) is 10.7. The van der Waals surface area contributed by atoms with Gasteiger partial charge in [0.2, 0.25) is 0 Å². The Balaban J connectivity index is 1.52. The molecule has 0 bridgehead atoms. The zero-order valence-electron chi connectivity index (χ0n) is 18.3. The molecule has 7 nitrogen and oxygen atoms in total. The number of carbonyl (C=O) groups is 2. The second-order valence-electron chi connectivity index (χ2n) is 7.42. The normalized spacial score (nSPS) is 14.1. The van der Waals surface area contributed by atoms with Crippen molar-refractivity contribution in [2.24, 2.45) is 0 Å². The first-order chi connectivity index (χ1) is 15.1. The van der Waals surface area contributed by atoms with Crippen molar-refractivity contribution in [3.05, 3.63) is 53.6 Å². The van der Waals surface area contributed by atoms with Crippen LogP contribution in [0.3, 0.4) is 0 Å².